The van der Waals surface area contributed by atoms with Gasteiger partial charge in [-0.1, -0.05) is 60.7 Å². The van der Waals surface area contributed by atoms with Crippen molar-refractivity contribution in [1.29, 1.82) is 0 Å². The molecule has 2 aromatic rings. The Balaban J connectivity index is 2.33. The Labute approximate surface area is 261 Å². The minimum absolute atomic E-state index is 0.0442. The lowest BCUT2D eigenvalue weighted by atomic mass is 9.91. The molecule has 0 bridgehead atoms. The van der Waals surface area contributed by atoms with Crippen LogP contribution in [0.1, 0.15) is 31.0 Å². The standard InChI is InChI=1S/C28H25F15N2O3/c1-15(18-11-7-4-8-12-18)45-20(46)16(2)48-21(47)19(13-17-9-5-3-6-10-17)44-14-22(29,30)23(31,32)24(33,34)25(35,36)26(37,38)27(39,40)28(41,42)43/h3-12,15-16,19,44H,13-14H2,1-2H3,(H,45,46)/t15-,16-,19-/m0/s1. The number of carbonyl (C=O) groups is 2. The molecule has 20 heteroatoms. The van der Waals surface area contributed by atoms with Gasteiger partial charge in [-0.2, -0.15) is 65.9 Å². The quantitative estimate of drug-likeness (QED) is 0.149. The molecule has 48 heavy (non-hydrogen) atoms. The predicted molar refractivity (Wildman–Crippen MR) is 136 cm³/mol. The first-order chi connectivity index (χ1) is 21.7. The molecule has 0 aliphatic heterocycles. The fourth-order valence-corrected chi connectivity index (χ4v) is 3.92. The van der Waals surface area contributed by atoms with Crippen LogP contribution in [0.15, 0.2) is 60.7 Å². The number of hydrogen-bond donors (Lipinski definition) is 2. The highest BCUT2D eigenvalue weighted by Crippen LogP contribution is 2.62. The largest absolute Gasteiger partial charge is 0.460 e. The van der Waals surface area contributed by atoms with Gasteiger partial charge in [0.25, 0.3) is 5.91 Å². The van der Waals surface area contributed by atoms with Gasteiger partial charge in [-0.05, 0) is 31.4 Å². The van der Waals surface area contributed by atoms with E-state index in [1.807, 2.05) is 0 Å². The maximum Gasteiger partial charge on any atom is 0.460 e. The molecule has 0 saturated carbocycles. The molecule has 0 saturated heterocycles. The van der Waals surface area contributed by atoms with E-state index < -0.39 is 84.7 Å². The lowest BCUT2D eigenvalue weighted by molar-refractivity contribution is -0.452. The van der Waals surface area contributed by atoms with Crippen LogP contribution in [-0.4, -0.2) is 72.3 Å². The van der Waals surface area contributed by atoms with Gasteiger partial charge in [0.05, 0.1) is 12.6 Å². The molecule has 2 aromatic carbocycles. The SMILES string of the molecule is C[C@H](OC(=O)[C@H](Cc1ccccc1)NCC(F)(F)C(F)(F)C(F)(F)C(F)(F)C(F)(F)C(F)(F)C(F)(F)F)C(=O)N[C@@H](C)c1ccccc1. The van der Waals surface area contributed by atoms with E-state index in [1.54, 1.807) is 30.3 Å². The summed E-state index contributed by atoms with van der Waals surface area (Å²) in [6, 6.07) is 11.7. The normalized spacial score (nSPS) is 15.8. The molecule has 2 rings (SSSR count). The maximum atomic E-state index is 14.5. The molecule has 270 valence electrons. The monoisotopic (exact) mass is 722 g/mol. The number of amides is 1. The van der Waals surface area contributed by atoms with Gasteiger partial charge in [0.1, 0.15) is 6.04 Å². The topological polar surface area (TPSA) is 67.4 Å². The number of carbonyl (C=O) groups excluding carboxylic acids is 2. The highest BCUT2D eigenvalue weighted by Gasteiger charge is 2.93. The van der Waals surface area contributed by atoms with Crippen molar-refractivity contribution < 1.29 is 80.2 Å². The molecule has 0 fully saturated rings. The summed E-state index contributed by atoms with van der Waals surface area (Å²) in [6.07, 6.45) is -10.2. The third kappa shape index (κ3) is 7.78. The zero-order valence-corrected chi connectivity index (χ0v) is 24.3. The second kappa shape index (κ2) is 14.0. The van der Waals surface area contributed by atoms with Crippen LogP contribution in [0.2, 0.25) is 0 Å². The van der Waals surface area contributed by atoms with Crippen molar-refractivity contribution >= 4 is 11.9 Å². The highest BCUT2D eigenvalue weighted by molar-refractivity contribution is 5.85. The van der Waals surface area contributed by atoms with Gasteiger partial charge in [-0.15, -0.1) is 0 Å². The van der Waals surface area contributed by atoms with Crippen LogP contribution in [0.5, 0.6) is 0 Å². The third-order valence-corrected chi connectivity index (χ3v) is 6.85. The number of halogens is 15. The van der Waals surface area contributed by atoms with Crippen molar-refractivity contribution in [3.8, 4) is 0 Å². The Hall–Kier alpha value is -3.71. The molecule has 0 spiro atoms. The second-order valence-corrected chi connectivity index (χ2v) is 10.4. The first kappa shape index (κ1) is 40.5. The Morgan fingerprint density at radius 1 is 0.646 bits per heavy atom. The summed E-state index contributed by atoms with van der Waals surface area (Å²) in [4.78, 5) is 25.4. The van der Waals surface area contributed by atoms with Crippen molar-refractivity contribution in [1.82, 2.24) is 10.6 Å². The van der Waals surface area contributed by atoms with Gasteiger partial charge in [0, 0.05) is 0 Å². The minimum Gasteiger partial charge on any atom is -0.451 e. The molecular weight excluding hydrogens is 697 g/mol. The number of hydrogen-bond acceptors (Lipinski definition) is 4. The van der Waals surface area contributed by atoms with Crippen LogP contribution < -0.4 is 10.6 Å². The molecule has 0 unspecified atom stereocenters. The number of benzene rings is 2. The van der Waals surface area contributed by atoms with Gasteiger partial charge >= 0.3 is 47.7 Å². The lowest BCUT2D eigenvalue weighted by Crippen LogP contribution is -2.73. The number of ether oxygens (including phenoxy) is 1. The molecular formula is C28H25F15N2O3. The van der Waals surface area contributed by atoms with Gasteiger partial charge in [-0.3, -0.25) is 14.9 Å². The molecule has 0 aliphatic carbocycles. The van der Waals surface area contributed by atoms with Crippen LogP contribution >= 0.6 is 0 Å². The molecule has 0 heterocycles. The number of esters is 1. The number of alkyl halides is 15. The lowest BCUT2D eigenvalue weighted by Gasteiger charge is -2.41. The molecule has 5 nitrogen and oxygen atoms in total. The zero-order valence-electron chi connectivity index (χ0n) is 24.3. The van der Waals surface area contributed by atoms with Crippen LogP contribution in [0.25, 0.3) is 0 Å². The Morgan fingerprint density at radius 3 is 1.56 bits per heavy atom. The molecule has 3 atom stereocenters. The fraction of sp³-hybridized carbons (Fsp3) is 0.500. The van der Waals surface area contributed by atoms with Crippen molar-refractivity contribution in [2.75, 3.05) is 6.54 Å². The maximum absolute atomic E-state index is 14.5. The van der Waals surface area contributed by atoms with Crippen LogP contribution in [0.4, 0.5) is 65.9 Å². The Kier molecular flexibility index (Phi) is 11.8. The van der Waals surface area contributed by atoms with E-state index in [2.05, 4.69) is 5.32 Å². The van der Waals surface area contributed by atoms with Gasteiger partial charge < -0.3 is 10.1 Å². The van der Waals surface area contributed by atoms with Gasteiger partial charge in [-0.25, -0.2) is 0 Å². The van der Waals surface area contributed by atoms with Crippen molar-refractivity contribution in [2.24, 2.45) is 0 Å². The smallest absolute Gasteiger partial charge is 0.451 e. The first-order valence-corrected chi connectivity index (χ1v) is 13.3. The summed E-state index contributed by atoms with van der Waals surface area (Å²) < 4.78 is 208. The number of nitrogens with one attached hydrogen (secondary N) is 2. The van der Waals surface area contributed by atoms with Gasteiger partial charge in [0.15, 0.2) is 6.10 Å². The van der Waals surface area contributed by atoms with Crippen molar-refractivity contribution in [3.63, 3.8) is 0 Å². The molecule has 0 radical (unpaired) electrons. The van der Waals surface area contributed by atoms with E-state index in [0.717, 1.165) is 6.92 Å². The predicted octanol–water partition coefficient (Wildman–Crippen LogP) is 7.37. The Morgan fingerprint density at radius 2 is 1.08 bits per heavy atom. The third-order valence-electron chi connectivity index (χ3n) is 6.85. The van der Waals surface area contributed by atoms with Crippen molar-refractivity contribution in [2.45, 2.75) is 80.2 Å². The van der Waals surface area contributed by atoms with E-state index in [0.29, 0.717) is 5.56 Å². The summed E-state index contributed by atoms with van der Waals surface area (Å²) in [5.41, 5.74) is 0.626. The summed E-state index contributed by atoms with van der Waals surface area (Å²) in [5.74, 6) is -50.2. The summed E-state index contributed by atoms with van der Waals surface area (Å²) in [7, 11) is 0. The average Bonchev–Trinajstić information content (AvgIpc) is 2.98. The Bertz CT molecular complexity index is 1390. The summed E-state index contributed by atoms with van der Waals surface area (Å²) >= 11 is 0. The molecule has 2 N–H and O–H groups in total. The van der Waals surface area contributed by atoms with Crippen LogP contribution in [0.3, 0.4) is 0 Å². The van der Waals surface area contributed by atoms with Crippen molar-refractivity contribution in [3.05, 3.63) is 71.8 Å². The van der Waals surface area contributed by atoms with Crippen LogP contribution in [-0.2, 0) is 20.7 Å². The minimum atomic E-state index is -8.44. The molecule has 0 aliphatic rings. The summed E-state index contributed by atoms with van der Waals surface area (Å²) in [6.45, 7) is -0.457. The first-order valence-electron chi connectivity index (χ1n) is 13.3. The fourth-order valence-electron chi connectivity index (χ4n) is 3.92. The second-order valence-electron chi connectivity index (χ2n) is 10.4. The molecule has 1 amide bonds. The van der Waals surface area contributed by atoms with Crippen LogP contribution in [0, 0.1) is 0 Å². The van der Waals surface area contributed by atoms with E-state index in [4.69, 9.17) is 4.74 Å². The van der Waals surface area contributed by atoms with Gasteiger partial charge in [0.2, 0.25) is 0 Å². The van der Waals surface area contributed by atoms with E-state index in [-0.39, 0.29) is 5.56 Å². The van der Waals surface area contributed by atoms with E-state index in [1.165, 1.54) is 42.6 Å². The highest BCUT2D eigenvalue weighted by atomic mass is 19.4. The van der Waals surface area contributed by atoms with E-state index in [9.17, 15) is 75.4 Å². The average molecular weight is 722 g/mol. The molecule has 0 aromatic heterocycles. The van der Waals surface area contributed by atoms with E-state index >= 15 is 0 Å². The zero-order chi connectivity index (χ0) is 37.1. The number of rotatable bonds is 15. The summed E-state index contributed by atoms with van der Waals surface area (Å²) in [5, 5.41) is 3.75.